The monoisotopic (exact) mass is 225 g/mol. The van der Waals surface area contributed by atoms with Crippen molar-refractivity contribution in [3.63, 3.8) is 0 Å². The van der Waals surface area contributed by atoms with Gasteiger partial charge in [-0.3, -0.25) is 4.68 Å². The van der Waals surface area contributed by atoms with Gasteiger partial charge >= 0.3 is 0 Å². The standard InChI is InChI=1S/C12H20FN3/c1-3-16-11(8-10(2)15-16)9-12(13)4-6-14-7-5-12/h8,14H,3-7,9H2,1-2H3. The van der Waals surface area contributed by atoms with E-state index in [9.17, 15) is 4.39 Å². The predicted molar refractivity (Wildman–Crippen MR) is 62.3 cm³/mol. The van der Waals surface area contributed by atoms with Crippen molar-refractivity contribution >= 4 is 0 Å². The molecule has 1 aliphatic heterocycles. The van der Waals surface area contributed by atoms with Crippen molar-refractivity contribution in [3.8, 4) is 0 Å². The van der Waals surface area contributed by atoms with E-state index in [0.29, 0.717) is 19.3 Å². The van der Waals surface area contributed by atoms with Crippen molar-refractivity contribution in [3.05, 3.63) is 17.5 Å². The third-order valence-electron chi connectivity index (χ3n) is 3.28. The lowest BCUT2D eigenvalue weighted by Gasteiger charge is -2.30. The lowest BCUT2D eigenvalue weighted by Crippen LogP contribution is -2.40. The fraction of sp³-hybridized carbons (Fsp3) is 0.750. The van der Waals surface area contributed by atoms with Crippen LogP contribution in [0, 0.1) is 6.92 Å². The molecule has 0 bridgehead atoms. The normalized spacial score (nSPS) is 19.9. The van der Waals surface area contributed by atoms with Crippen molar-refractivity contribution in [2.45, 2.75) is 45.3 Å². The summed E-state index contributed by atoms with van der Waals surface area (Å²) in [6.45, 7) is 6.40. The first kappa shape index (κ1) is 11.6. The number of nitrogens with zero attached hydrogens (tertiary/aromatic N) is 2. The number of piperidine rings is 1. The third-order valence-corrected chi connectivity index (χ3v) is 3.28. The van der Waals surface area contributed by atoms with Gasteiger partial charge in [0.15, 0.2) is 0 Å². The molecule has 1 aliphatic rings. The Kier molecular flexibility index (Phi) is 3.28. The molecule has 3 nitrogen and oxygen atoms in total. The zero-order valence-corrected chi connectivity index (χ0v) is 10.1. The van der Waals surface area contributed by atoms with E-state index in [1.54, 1.807) is 0 Å². The molecule has 90 valence electrons. The molecule has 16 heavy (non-hydrogen) atoms. The molecule has 2 rings (SSSR count). The topological polar surface area (TPSA) is 29.9 Å². The highest BCUT2D eigenvalue weighted by atomic mass is 19.1. The largest absolute Gasteiger partial charge is 0.316 e. The molecule has 0 radical (unpaired) electrons. The van der Waals surface area contributed by atoms with E-state index in [2.05, 4.69) is 10.4 Å². The molecule has 1 N–H and O–H groups in total. The lowest BCUT2D eigenvalue weighted by molar-refractivity contribution is 0.113. The second kappa shape index (κ2) is 4.53. The molecule has 4 heteroatoms. The molecule has 0 spiro atoms. The lowest BCUT2D eigenvalue weighted by atomic mass is 9.89. The summed E-state index contributed by atoms with van der Waals surface area (Å²) in [6.07, 6.45) is 1.73. The van der Waals surface area contributed by atoms with Crippen LogP contribution in [0.1, 0.15) is 31.2 Å². The van der Waals surface area contributed by atoms with Gasteiger partial charge in [-0.15, -0.1) is 0 Å². The van der Waals surface area contributed by atoms with Crippen LogP contribution in [-0.4, -0.2) is 28.5 Å². The summed E-state index contributed by atoms with van der Waals surface area (Å²) in [5.41, 5.74) is 0.976. The van der Waals surface area contributed by atoms with E-state index < -0.39 is 5.67 Å². The van der Waals surface area contributed by atoms with Gasteiger partial charge in [-0.1, -0.05) is 0 Å². The van der Waals surface area contributed by atoms with Gasteiger partial charge in [-0.25, -0.2) is 4.39 Å². The number of hydrogen-bond donors (Lipinski definition) is 1. The Hall–Kier alpha value is -0.900. The molecular weight excluding hydrogens is 205 g/mol. The molecule has 0 saturated carbocycles. The van der Waals surface area contributed by atoms with Gasteiger partial charge in [0.05, 0.1) is 5.69 Å². The Morgan fingerprint density at radius 3 is 2.81 bits per heavy atom. The van der Waals surface area contributed by atoms with Gasteiger partial charge in [0.25, 0.3) is 0 Å². The summed E-state index contributed by atoms with van der Waals surface area (Å²) in [7, 11) is 0. The van der Waals surface area contributed by atoms with Crippen molar-refractivity contribution in [2.75, 3.05) is 13.1 Å². The maximum Gasteiger partial charge on any atom is 0.119 e. The highest BCUT2D eigenvalue weighted by molar-refractivity contribution is 5.12. The molecule has 2 heterocycles. The number of rotatable bonds is 3. The van der Waals surface area contributed by atoms with E-state index in [0.717, 1.165) is 31.0 Å². The van der Waals surface area contributed by atoms with Crippen molar-refractivity contribution in [1.82, 2.24) is 15.1 Å². The first-order valence-electron chi connectivity index (χ1n) is 6.06. The zero-order valence-electron chi connectivity index (χ0n) is 10.1. The molecule has 0 atom stereocenters. The minimum absolute atomic E-state index is 0.503. The first-order valence-corrected chi connectivity index (χ1v) is 6.06. The van der Waals surface area contributed by atoms with Crippen LogP contribution in [0.2, 0.25) is 0 Å². The Morgan fingerprint density at radius 2 is 2.19 bits per heavy atom. The second-order valence-electron chi connectivity index (χ2n) is 4.67. The zero-order chi connectivity index (χ0) is 11.6. The van der Waals surface area contributed by atoms with Gasteiger partial charge in [0, 0.05) is 18.7 Å². The predicted octanol–water partition coefficient (Wildman–Crippen LogP) is 1.85. The van der Waals surface area contributed by atoms with Crippen LogP contribution < -0.4 is 5.32 Å². The minimum atomic E-state index is -1.04. The molecule has 0 unspecified atom stereocenters. The minimum Gasteiger partial charge on any atom is -0.316 e. The van der Waals surface area contributed by atoms with E-state index in [4.69, 9.17) is 0 Å². The molecule has 1 aromatic rings. The fourth-order valence-corrected chi connectivity index (χ4v) is 2.39. The Balaban J connectivity index is 2.12. The van der Waals surface area contributed by atoms with Gasteiger partial charge in [0.2, 0.25) is 0 Å². The maximum atomic E-state index is 14.5. The van der Waals surface area contributed by atoms with Crippen LogP contribution in [0.15, 0.2) is 6.07 Å². The molecular formula is C12H20FN3. The van der Waals surface area contributed by atoms with Crippen LogP contribution in [-0.2, 0) is 13.0 Å². The summed E-state index contributed by atoms with van der Waals surface area (Å²) in [4.78, 5) is 0. The Morgan fingerprint density at radius 1 is 1.50 bits per heavy atom. The third kappa shape index (κ3) is 2.43. The van der Waals surface area contributed by atoms with Gasteiger partial charge in [-0.05, 0) is 45.8 Å². The molecule has 0 amide bonds. The average molecular weight is 225 g/mol. The smallest absolute Gasteiger partial charge is 0.119 e. The van der Waals surface area contributed by atoms with Crippen LogP contribution in [0.5, 0.6) is 0 Å². The molecule has 1 saturated heterocycles. The van der Waals surface area contributed by atoms with Crippen LogP contribution >= 0.6 is 0 Å². The molecule has 1 fully saturated rings. The van der Waals surface area contributed by atoms with Crippen LogP contribution in [0.25, 0.3) is 0 Å². The first-order chi connectivity index (χ1) is 7.63. The highest BCUT2D eigenvalue weighted by Crippen LogP contribution is 2.27. The number of aromatic nitrogens is 2. The summed E-state index contributed by atoms with van der Waals surface area (Å²) < 4.78 is 16.4. The second-order valence-corrected chi connectivity index (χ2v) is 4.67. The summed E-state index contributed by atoms with van der Waals surface area (Å²) >= 11 is 0. The molecule has 1 aromatic heterocycles. The van der Waals surface area contributed by atoms with Crippen molar-refractivity contribution < 1.29 is 4.39 Å². The molecule has 0 aliphatic carbocycles. The summed E-state index contributed by atoms with van der Waals surface area (Å²) in [6, 6.07) is 2.01. The summed E-state index contributed by atoms with van der Waals surface area (Å²) in [5.74, 6) is 0. The number of aryl methyl sites for hydroxylation is 2. The Labute approximate surface area is 96.0 Å². The van der Waals surface area contributed by atoms with E-state index >= 15 is 0 Å². The SMILES string of the molecule is CCn1nc(C)cc1CC1(F)CCNCC1. The Bertz CT molecular complexity index is 353. The number of alkyl halides is 1. The van der Waals surface area contributed by atoms with E-state index in [-0.39, 0.29) is 0 Å². The van der Waals surface area contributed by atoms with Crippen LogP contribution in [0.3, 0.4) is 0 Å². The maximum absolute atomic E-state index is 14.5. The van der Waals surface area contributed by atoms with E-state index in [1.165, 1.54) is 0 Å². The van der Waals surface area contributed by atoms with Crippen LogP contribution in [0.4, 0.5) is 4.39 Å². The fourth-order valence-electron chi connectivity index (χ4n) is 2.39. The number of halogens is 1. The van der Waals surface area contributed by atoms with Gasteiger partial charge in [-0.2, -0.15) is 5.10 Å². The summed E-state index contributed by atoms with van der Waals surface area (Å²) in [5, 5.41) is 7.56. The molecule has 0 aromatic carbocycles. The number of nitrogens with one attached hydrogen (secondary N) is 1. The highest BCUT2D eigenvalue weighted by Gasteiger charge is 2.32. The van der Waals surface area contributed by atoms with E-state index in [1.807, 2.05) is 24.6 Å². The van der Waals surface area contributed by atoms with Gasteiger partial charge < -0.3 is 5.32 Å². The number of hydrogen-bond acceptors (Lipinski definition) is 2. The van der Waals surface area contributed by atoms with Crippen molar-refractivity contribution in [2.24, 2.45) is 0 Å². The average Bonchev–Trinajstić information content (AvgIpc) is 2.59. The van der Waals surface area contributed by atoms with Gasteiger partial charge in [0.1, 0.15) is 5.67 Å². The quantitative estimate of drug-likeness (QED) is 0.850. The van der Waals surface area contributed by atoms with Crippen molar-refractivity contribution in [1.29, 1.82) is 0 Å².